The lowest BCUT2D eigenvalue weighted by molar-refractivity contribution is 0.200. The molecular weight excluding hydrogens is 296 g/mol. The third kappa shape index (κ3) is 4.11. The average Bonchev–Trinajstić information content (AvgIpc) is 3.14. The second-order valence-electron chi connectivity index (χ2n) is 6.53. The molecule has 0 amide bonds. The number of hydrogen-bond acceptors (Lipinski definition) is 2. The topological polar surface area (TPSA) is 18.5 Å². The summed E-state index contributed by atoms with van der Waals surface area (Å²) >= 11 is 0. The molecule has 1 radical (unpaired) electrons. The predicted octanol–water partition coefficient (Wildman–Crippen LogP) is 5.18. The van der Waals surface area contributed by atoms with Gasteiger partial charge in [0.25, 0.3) is 0 Å². The minimum absolute atomic E-state index is 0.340. The van der Waals surface area contributed by atoms with E-state index in [1.54, 1.807) is 7.11 Å². The van der Waals surface area contributed by atoms with Gasteiger partial charge in [-0.05, 0) is 80.7 Å². The Kier molecular flexibility index (Phi) is 5.79. The number of hydrogen-bond donors (Lipinski definition) is 0. The van der Waals surface area contributed by atoms with Crippen LogP contribution in [-0.2, 0) is 19.3 Å². The third-order valence-corrected chi connectivity index (χ3v) is 4.88. The highest BCUT2D eigenvalue weighted by Crippen LogP contribution is 2.35. The second-order valence-corrected chi connectivity index (χ2v) is 6.53. The maximum Gasteiger partial charge on any atom is 0.161 e. The van der Waals surface area contributed by atoms with Crippen LogP contribution in [0, 0.1) is 6.92 Å². The first-order chi connectivity index (χ1) is 11.8. The van der Waals surface area contributed by atoms with E-state index in [0.717, 1.165) is 43.6 Å². The minimum Gasteiger partial charge on any atom is -0.493 e. The summed E-state index contributed by atoms with van der Waals surface area (Å²) in [6, 6.07) is 14.9. The van der Waals surface area contributed by atoms with Gasteiger partial charge in [-0.2, -0.15) is 0 Å². The van der Waals surface area contributed by atoms with E-state index in [1.165, 1.54) is 29.5 Å². The highest BCUT2D eigenvalue weighted by Gasteiger charge is 2.19. The Bertz CT molecular complexity index is 643. The fraction of sp³-hybridized carbons (Fsp3) is 0.409. The van der Waals surface area contributed by atoms with Gasteiger partial charge < -0.3 is 9.47 Å². The van der Waals surface area contributed by atoms with E-state index < -0.39 is 0 Å². The van der Waals surface area contributed by atoms with Crippen molar-refractivity contribution in [3.05, 3.63) is 66.1 Å². The van der Waals surface area contributed by atoms with Gasteiger partial charge in [-0.15, -0.1) is 0 Å². The summed E-state index contributed by atoms with van der Waals surface area (Å²) in [7, 11) is 1.72. The van der Waals surface area contributed by atoms with Crippen LogP contribution in [0.1, 0.15) is 42.4 Å². The van der Waals surface area contributed by atoms with Crippen molar-refractivity contribution in [3.63, 3.8) is 0 Å². The van der Waals surface area contributed by atoms with Crippen molar-refractivity contribution in [2.24, 2.45) is 0 Å². The summed E-state index contributed by atoms with van der Waals surface area (Å²) in [5.74, 6) is 1.73. The van der Waals surface area contributed by atoms with Crippen LogP contribution < -0.4 is 9.47 Å². The lowest BCUT2D eigenvalue weighted by Gasteiger charge is -2.19. The van der Waals surface area contributed by atoms with Crippen LogP contribution in [0.2, 0.25) is 0 Å². The Morgan fingerprint density at radius 1 is 0.958 bits per heavy atom. The molecule has 2 heteroatoms. The van der Waals surface area contributed by atoms with Crippen LogP contribution >= 0.6 is 0 Å². The summed E-state index contributed by atoms with van der Waals surface area (Å²) in [4.78, 5) is 0. The quantitative estimate of drug-likeness (QED) is 0.699. The molecule has 1 aliphatic rings. The Hall–Kier alpha value is -1.96. The Balaban J connectivity index is 1.78. The summed E-state index contributed by atoms with van der Waals surface area (Å²) < 4.78 is 11.8. The average molecular weight is 323 g/mol. The fourth-order valence-corrected chi connectivity index (χ4v) is 3.47. The van der Waals surface area contributed by atoms with Crippen molar-refractivity contribution in [2.45, 2.75) is 51.0 Å². The van der Waals surface area contributed by atoms with E-state index in [1.807, 2.05) is 0 Å². The summed E-state index contributed by atoms with van der Waals surface area (Å²) in [5.41, 5.74) is 3.93. The Labute approximate surface area is 145 Å². The van der Waals surface area contributed by atoms with Gasteiger partial charge in [-0.1, -0.05) is 30.3 Å². The highest BCUT2D eigenvalue weighted by molar-refractivity contribution is 5.48. The van der Waals surface area contributed by atoms with Crippen LogP contribution in [0.5, 0.6) is 11.5 Å². The molecule has 0 saturated heterocycles. The standard InChI is InChI=1S/C22H27O2/c1-3-18-15-22(24-20-11-7-8-12-20)21(23-2)16-19(18)14-13-17-9-5-4-6-10-17/h4-6,9-10,15-16,20H,1,3,7-8,11-14H2,2H3. The molecule has 3 rings (SSSR count). The number of benzene rings is 2. The first-order valence-corrected chi connectivity index (χ1v) is 8.99. The number of ether oxygens (including phenoxy) is 2. The maximum atomic E-state index is 6.20. The van der Waals surface area contributed by atoms with Crippen molar-refractivity contribution < 1.29 is 9.47 Å². The molecule has 0 spiro atoms. The monoisotopic (exact) mass is 323 g/mol. The zero-order chi connectivity index (χ0) is 16.8. The smallest absolute Gasteiger partial charge is 0.161 e. The van der Waals surface area contributed by atoms with Gasteiger partial charge in [0.05, 0.1) is 13.2 Å². The van der Waals surface area contributed by atoms with Crippen molar-refractivity contribution in [3.8, 4) is 11.5 Å². The molecule has 1 aliphatic carbocycles. The minimum atomic E-state index is 0.340. The number of aryl methyl sites for hydroxylation is 2. The lowest BCUT2D eigenvalue weighted by atomic mass is 9.97. The molecule has 0 bridgehead atoms. The van der Waals surface area contributed by atoms with Crippen LogP contribution in [0.3, 0.4) is 0 Å². The third-order valence-electron chi connectivity index (χ3n) is 4.88. The first-order valence-electron chi connectivity index (χ1n) is 8.99. The molecule has 2 aromatic carbocycles. The van der Waals surface area contributed by atoms with E-state index in [9.17, 15) is 0 Å². The zero-order valence-corrected chi connectivity index (χ0v) is 14.6. The molecule has 24 heavy (non-hydrogen) atoms. The number of methoxy groups -OCH3 is 1. The molecule has 0 aliphatic heterocycles. The van der Waals surface area contributed by atoms with E-state index in [0.29, 0.717) is 6.10 Å². The molecule has 2 nitrogen and oxygen atoms in total. The van der Waals surface area contributed by atoms with Crippen molar-refractivity contribution in [1.29, 1.82) is 0 Å². The summed E-state index contributed by atoms with van der Waals surface area (Å²) in [6.45, 7) is 4.10. The van der Waals surface area contributed by atoms with Crippen molar-refractivity contribution in [2.75, 3.05) is 7.11 Å². The molecule has 127 valence electrons. The Morgan fingerprint density at radius 2 is 1.67 bits per heavy atom. The van der Waals surface area contributed by atoms with Crippen LogP contribution in [0.15, 0.2) is 42.5 Å². The van der Waals surface area contributed by atoms with Crippen LogP contribution in [-0.4, -0.2) is 13.2 Å². The van der Waals surface area contributed by atoms with Gasteiger partial charge in [0, 0.05) is 0 Å². The fourth-order valence-electron chi connectivity index (χ4n) is 3.47. The summed E-state index contributed by atoms with van der Waals surface area (Å²) in [6.07, 6.45) is 7.97. The molecular formula is C22H27O2. The molecule has 0 unspecified atom stereocenters. The van der Waals surface area contributed by atoms with Crippen LogP contribution in [0.25, 0.3) is 0 Å². The molecule has 0 heterocycles. The molecule has 2 aromatic rings. The molecule has 0 atom stereocenters. The normalized spacial score (nSPS) is 14.8. The molecule has 1 fully saturated rings. The van der Waals surface area contributed by atoms with Gasteiger partial charge in [0.15, 0.2) is 11.5 Å². The SMILES string of the molecule is [CH2]Cc1cc(OC2CCCC2)c(OC)cc1CCc1ccccc1. The van der Waals surface area contributed by atoms with Crippen LogP contribution in [0.4, 0.5) is 0 Å². The maximum absolute atomic E-state index is 6.20. The predicted molar refractivity (Wildman–Crippen MR) is 98.8 cm³/mol. The van der Waals surface area contributed by atoms with Gasteiger partial charge in [0.1, 0.15) is 0 Å². The van der Waals surface area contributed by atoms with Gasteiger partial charge >= 0.3 is 0 Å². The van der Waals surface area contributed by atoms with Crippen molar-refractivity contribution in [1.82, 2.24) is 0 Å². The van der Waals surface area contributed by atoms with E-state index in [4.69, 9.17) is 9.47 Å². The van der Waals surface area contributed by atoms with Crippen molar-refractivity contribution >= 4 is 0 Å². The van der Waals surface area contributed by atoms with E-state index in [2.05, 4.69) is 49.4 Å². The highest BCUT2D eigenvalue weighted by atomic mass is 16.5. The Morgan fingerprint density at radius 3 is 2.33 bits per heavy atom. The van der Waals surface area contributed by atoms with Gasteiger partial charge in [-0.3, -0.25) is 0 Å². The summed E-state index contributed by atoms with van der Waals surface area (Å²) in [5, 5.41) is 0. The molecule has 0 N–H and O–H groups in total. The zero-order valence-electron chi connectivity index (χ0n) is 14.6. The van der Waals surface area contributed by atoms with Gasteiger partial charge in [0.2, 0.25) is 0 Å². The molecule has 1 saturated carbocycles. The lowest BCUT2D eigenvalue weighted by Crippen LogP contribution is -2.12. The molecule has 0 aromatic heterocycles. The van der Waals surface area contributed by atoms with E-state index >= 15 is 0 Å². The first kappa shape index (κ1) is 16.9. The van der Waals surface area contributed by atoms with Gasteiger partial charge in [-0.25, -0.2) is 0 Å². The van der Waals surface area contributed by atoms with E-state index in [-0.39, 0.29) is 0 Å². The largest absolute Gasteiger partial charge is 0.493 e. The second kappa shape index (κ2) is 8.23. The number of rotatable bonds is 7.